The first-order chi connectivity index (χ1) is 18.5. The van der Waals surface area contributed by atoms with Gasteiger partial charge in [0.15, 0.2) is 0 Å². The Kier molecular flexibility index (Phi) is 7.32. The Morgan fingerprint density at radius 3 is 2.74 bits per heavy atom. The first-order valence-electron chi connectivity index (χ1n) is 12.4. The Bertz CT molecular complexity index is 1460. The highest BCUT2D eigenvalue weighted by atomic mass is 19.1. The zero-order chi connectivity index (χ0) is 26.6. The van der Waals surface area contributed by atoms with Gasteiger partial charge < -0.3 is 15.4 Å². The number of carbonyl (C=O) groups is 2. The van der Waals surface area contributed by atoms with E-state index >= 15 is 0 Å². The van der Waals surface area contributed by atoms with Crippen LogP contribution < -0.4 is 15.4 Å². The molecule has 9 nitrogen and oxygen atoms in total. The molecule has 1 aliphatic rings. The number of nitrogens with one attached hydrogen (secondary N) is 3. The molecule has 2 aromatic carbocycles. The molecule has 3 N–H and O–H groups in total. The van der Waals surface area contributed by atoms with Crippen molar-refractivity contribution in [2.75, 3.05) is 20.7 Å². The predicted molar refractivity (Wildman–Crippen MR) is 141 cm³/mol. The van der Waals surface area contributed by atoms with Crippen molar-refractivity contribution in [2.24, 2.45) is 0 Å². The number of halogens is 1. The molecule has 4 aromatic rings. The SMILES string of the molecule is CNC(=O)[C@@H]1CC[C@@H](NC(=O)c2ccc3[nH]nc(-c4ccncc4)c3c2)CN1Cc1c(F)cccc1OC. The van der Waals surface area contributed by atoms with E-state index < -0.39 is 11.9 Å². The lowest BCUT2D eigenvalue weighted by Gasteiger charge is -2.39. The lowest BCUT2D eigenvalue weighted by Crippen LogP contribution is -2.55. The number of nitrogens with zero attached hydrogens (tertiary/aromatic N) is 3. The molecular formula is C28H29FN6O3. The van der Waals surface area contributed by atoms with E-state index in [0.29, 0.717) is 36.3 Å². The first-order valence-corrected chi connectivity index (χ1v) is 12.4. The van der Waals surface area contributed by atoms with Gasteiger partial charge in [-0.2, -0.15) is 5.10 Å². The molecule has 0 radical (unpaired) electrons. The number of amides is 2. The second-order valence-electron chi connectivity index (χ2n) is 9.30. The fraction of sp³-hybridized carbons (Fsp3) is 0.286. The first kappa shape index (κ1) is 25.3. The lowest BCUT2D eigenvalue weighted by atomic mass is 9.96. The standard InChI is InChI=1S/C28H29FN6O3/c1-30-28(37)24-9-7-19(15-35(24)16-21-22(29)4-3-5-25(21)38-2)32-27(36)18-6-8-23-20(14-18)26(34-33-23)17-10-12-31-13-11-17/h3-6,8,10-14,19,24H,7,9,15-16H2,1-2H3,(H,30,37)(H,32,36)(H,33,34)/t19-,24+/m1/s1. The summed E-state index contributed by atoms with van der Waals surface area (Å²) in [5, 5.41) is 14.1. The maximum Gasteiger partial charge on any atom is 0.251 e. The molecule has 10 heteroatoms. The van der Waals surface area contributed by atoms with Crippen LogP contribution in [0.15, 0.2) is 60.9 Å². The monoisotopic (exact) mass is 516 g/mol. The van der Waals surface area contributed by atoms with Crippen molar-refractivity contribution in [3.8, 4) is 17.0 Å². The number of piperidine rings is 1. The minimum absolute atomic E-state index is 0.140. The van der Waals surface area contributed by atoms with Crippen LogP contribution in [0.1, 0.15) is 28.8 Å². The van der Waals surface area contributed by atoms with Crippen LogP contribution in [-0.4, -0.2) is 64.7 Å². The van der Waals surface area contributed by atoms with Gasteiger partial charge in [0.1, 0.15) is 17.3 Å². The highest BCUT2D eigenvalue weighted by Gasteiger charge is 2.34. The number of fused-ring (bicyclic) bond motifs is 1. The number of likely N-dealkylation sites (N-methyl/N-ethyl adjacent to an activating group) is 1. The van der Waals surface area contributed by atoms with Crippen LogP contribution in [0.5, 0.6) is 5.75 Å². The van der Waals surface area contributed by atoms with Gasteiger partial charge in [0.25, 0.3) is 5.91 Å². The Labute approximate surface area is 219 Å². The largest absolute Gasteiger partial charge is 0.496 e. The second-order valence-corrected chi connectivity index (χ2v) is 9.30. The zero-order valence-electron chi connectivity index (χ0n) is 21.2. The molecule has 3 heterocycles. The minimum atomic E-state index is -0.442. The molecule has 0 unspecified atom stereocenters. The van der Waals surface area contributed by atoms with Crippen molar-refractivity contribution in [1.29, 1.82) is 0 Å². The summed E-state index contributed by atoms with van der Waals surface area (Å²) in [6.07, 6.45) is 4.54. The maximum absolute atomic E-state index is 14.7. The second kappa shape index (κ2) is 11.0. The van der Waals surface area contributed by atoms with Gasteiger partial charge in [-0.15, -0.1) is 0 Å². The van der Waals surface area contributed by atoms with Crippen LogP contribution in [0.2, 0.25) is 0 Å². The van der Waals surface area contributed by atoms with Crippen molar-refractivity contribution < 1.29 is 18.7 Å². The van der Waals surface area contributed by atoms with Crippen molar-refractivity contribution in [1.82, 2.24) is 30.7 Å². The summed E-state index contributed by atoms with van der Waals surface area (Å²) < 4.78 is 20.1. The zero-order valence-corrected chi connectivity index (χ0v) is 21.2. The van der Waals surface area contributed by atoms with Crippen LogP contribution >= 0.6 is 0 Å². The van der Waals surface area contributed by atoms with Crippen LogP contribution in [0.25, 0.3) is 22.2 Å². The van der Waals surface area contributed by atoms with Crippen LogP contribution in [0.3, 0.4) is 0 Å². The van der Waals surface area contributed by atoms with Gasteiger partial charge >= 0.3 is 0 Å². The molecule has 0 aliphatic carbocycles. The van der Waals surface area contributed by atoms with E-state index in [1.807, 2.05) is 29.2 Å². The van der Waals surface area contributed by atoms with Crippen LogP contribution in [-0.2, 0) is 11.3 Å². The molecule has 196 valence electrons. The molecule has 1 saturated heterocycles. The Morgan fingerprint density at radius 2 is 1.97 bits per heavy atom. The molecule has 0 saturated carbocycles. The maximum atomic E-state index is 14.7. The number of H-pyrrole nitrogens is 1. The molecule has 2 atom stereocenters. The summed E-state index contributed by atoms with van der Waals surface area (Å²) in [4.78, 5) is 31.9. The summed E-state index contributed by atoms with van der Waals surface area (Å²) in [5.41, 5.74) is 3.35. The summed E-state index contributed by atoms with van der Waals surface area (Å²) in [7, 11) is 3.08. The number of benzene rings is 2. The Morgan fingerprint density at radius 1 is 1.16 bits per heavy atom. The molecule has 0 bridgehead atoms. The fourth-order valence-corrected chi connectivity index (χ4v) is 5.04. The fourth-order valence-electron chi connectivity index (χ4n) is 5.04. The van der Waals surface area contributed by atoms with Gasteiger partial charge in [0, 0.05) is 60.6 Å². The molecule has 1 fully saturated rings. The third kappa shape index (κ3) is 5.08. The van der Waals surface area contributed by atoms with E-state index in [9.17, 15) is 14.0 Å². The van der Waals surface area contributed by atoms with E-state index in [1.165, 1.54) is 13.2 Å². The van der Waals surface area contributed by atoms with Gasteiger partial charge in [-0.1, -0.05) is 6.07 Å². The number of rotatable bonds is 7. The number of likely N-dealkylation sites (tertiary alicyclic amines) is 1. The average Bonchev–Trinajstić information content (AvgIpc) is 3.37. The normalized spacial score (nSPS) is 17.8. The van der Waals surface area contributed by atoms with E-state index in [2.05, 4.69) is 25.8 Å². The predicted octanol–water partition coefficient (Wildman–Crippen LogP) is 3.28. The quantitative estimate of drug-likeness (QED) is 0.348. The van der Waals surface area contributed by atoms with Crippen molar-refractivity contribution >= 4 is 22.7 Å². The number of aromatic amines is 1. The Hall–Kier alpha value is -4.31. The summed E-state index contributed by atoms with van der Waals surface area (Å²) in [5.74, 6) is -0.338. The molecule has 38 heavy (non-hydrogen) atoms. The molecule has 5 rings (SSSR count). The number of hydrogen-bond donors (Lipinski definition) is 3. The smallest absolute Gasteiger partial charge is 0.251 e. The minimum Gasteiger partial charge on any atom is -0.496 e. The molecule has 0 spiro atoms. The van der Waals surface area contributed by atoms with Crippen LogP contribution in [0, 0.1) is 5.82 Å². The van der Waals surface area contributed by atoms with Gasteiger partial charge in [0.2, 0.25) is 5.91 Å². The van der Waals surface area contributed by atoms with Gasteiger partial charge in [-0.25, -0.2) is 4.39 Å². The van der Waals surface area contributed by atoms with Gasteiger partial charge in [0.05, 0.1) is 18.7 Å². The molecule has 1 aliphatic heterocycles. The van der Waals surface area contributed by atoms with E-state index in [0.717, 1.165) is 22.2 Å². The van der Waals surface area contributed by atoms with E-state index in [-0.39, 0.29) is 24.4 Å². The molecule has 2 aromatic heterocycles. The summed E-state index contributed by atoms with van der Waals surface area (Å²) in [6, 6.07) is 13.1. The highest BCUT2D eigenvalue weighted by Crippen LogP contribution is 2.29. The van der Waals surface area contributed by atoms with Crippen molar-refractivity contribution in [2.45, 2.75) is 31.5 Å². The summed E-state index contributed by atoms with van der Waals surface area (Å²) >= 11 is 0. The number of ether oxygens (including phenoxy) is 1. The number of methoxy groups -OCH3 is 1. The average molecular weight is 517 g/mol. The molecule has 2 amide bonds. The third-order valence-electron chi connectivity index (χ3n) is 7.00. The van der Waals surface area contributed by atoms with Gasteiger partial charge in [-0.05, 0) is 55.3 Å². The summed E-state index contributed by atoms with van der Waals surface area (Å²) in [6.45, 7) is 0.564. The lowest BCUT2D eigenvalue weighted by molar-refractivity contribution is -0.127. The number of hydrogen-bond acceptors (Lipinski definition) is 6. The van der Waals surface area contributed by atoms with Gasteiger partial charge in [-0.3, -0.25) is 24.6 Å². The topological polar surface area (TPSA) is 112 Å². The number of pyridine rings is 1. The highest BCUT2D eigenvalue weighted by molar-refractivity contribution is 6.01. The number of aromatic nitrogens is 3. The number of carbonyl (C=O) groups excluding carboxylic acids is 2. The van der Waals surface area contributed by atoms with Crippen molar-refractivity contribution in [3.63, 3.8) is 0 Å². The van der Waals surface area contributed by atoms with E-state index in [1.54, 1.807) is 37.6 Å². The van der Waals surface area contributed by atoms with Crippen LogP contribution in [0.4, 0.5) is 4.39 Å². The third-order valence-corrected chi connectivity index (χ3v) is 7.00. The van der Waals surface area contributed by atoms with Crippen molar-refractivity contribution in [3.05, 3.63) is 77.9 Å². The van der Waals surface area contributed by atoms with E-state index in [4.69, 9.17) is 4.74 Å². The molecular weight excluding hydrogens is 487 g/mol. The Balaban J connectivity index is 1.35.